The molecule has 1 saturated heterocycles. The Kier molecular flexibility index (Phi) is 5.56. The Bertz CT molecular complexity index is 1070. The van der Waals surface area contributed by atoms with E-state index in [9.17, 15) is 22.8 Å². The number of nitrogens with zero attached hydrogens (tertiary/aromatic N) is 2. The second-order valence-corrected chi connectivity index (χ2v) is 8.30. The van der Waals surface area contributed by atoms with Crippen LogP contribution < -0.4 is 4.90 Å². The van der Waals surface area contributed by atoms with Gasteiger partial charge in [0.2, 0.25) is 0 Å². The second-order valence-electron chi connectivity index (χ2n) is 7.89. The van der Waals surface area contributed by atoms with E-state index >= 15 is 0 Å². The van der Waals surface area contributed by atoms with E-state index in [4.69, 9.17) is 11.6 Å². The van der Waals surface area contributed by atoms with Crippen molar-refractivity contribution in [1.82, 2.24) is 4.90 Å². The van der Waals surface area contributed by atoms with Crippen LogP contribution in [0.5, 0.6) is 0 Å². The summed E-state index contributed by atoms with van der Waals surface area (Å²) in [6, 6.07) is 11.8. The van der Waals surface area contributed by atoms with Gasteiger partial charge in [-0.15, -0.1) is 0 Å². The Hall–Kier alpha value is -2.80. The Morgan fingerprint density at radius 2 is 1.74 bits per heavy atom. The highest BCUT2D eigenvalue weighted by atomic mass is 35.5. The summed E-state index contributed by atoms with van der Waals surface area (Å²) in [5, 5.41) is -0.489. The van der Waals surface area contributed by atoms with Crippen molar-refractivity contribution in [2.24, 2.45) is 5.92 Å². The van der Waals surface area contributed by atoms with Crippen LogP contribution in [-0.4, -0.2) is 29.8 Å². The summed E-state index contributed by atoms with van der Waals surface area (Å²) in [6.07, 6.45) is -2.82. The number of benzene rings is 2. The Labute approximate surface area is 182 Å². The first-order valence-corrected chi connectivity index (χ1v) is 10.4. The van der Waals surface area contributed by atoms with Crippen LogP contribution >= 0.6 is 11.6 Å². The molecule has 2 aliphatic heterocycles. The normalized spacial score (nSPS) is 20.1. The maximum absolute atomic E-state index is 13.4. The zero-order valence-corrected chi connectivity index (χ0v) is 17.5. The highest BCUT2D eigenvalue weighted by Gasteiger charge is 2.44. The van der Waals surface area contributed by atoms with E-state index in [1.54, 1.807) is 30.3 Å². The van der Waals surface area contributed by atoms with Gasteiger partial charge in [-0.3, -0.25) is 9.59 Å². The second kappa shape index (κ2) is 8.04. The summed E-state index contributed by atoms with van der Waals surface area (Å²) in [4.78, 5) is 29.6. The fraction of sp³-hybridized carbons (Fsp3) is 0.304. The Morgan fingerprint density at radius 3 is 2.39 bits per heavy atom. The van der Waals surface area contributed by atoms with Crippen molar-refractivity contribution in [3.63, 3.8) is 0 Å². The molecule has 162 valence electrons. The monoisotopic (exact) mass is 448 g/mol. The highest BCUT2D eigenvalue weighted by Crippen LogP contribution is 2.40. The number of amides is 2. The number of likely N-dealkylation sites (tertiary alicyclic amines) is 1. The van der Waals surface area contributed by atoms with Gasteiger partial charge in [0.05, 0.1) is 21.8 Å². The Morgan fingerprint density at radius 1 is 1.03 bits per heavy atom. The van der Waals surface area contributed by atoms with Crippen molar-refractivity contribution in [1.29, 1.82) is 0 Å². The first kappa shape index (κ1) is 21.4. The molecule has 1 atom stereocenters. The Balaban J connectivity index is 1.82. The smallest absolute Gasteiger partial charge is 0.366 e. The average molecular weight is 449 g/mol. The van der Waals surface area contributed by atoms with E-state index in [1.807, 2.05) is 4.90 Å². The largest absolute Gasteiger partial charge is 0.417 e. The molecule has 0 bridgehead atoms. The van der Waals surface area contributed by atoms with Crippen LogP contribution in [0.3, 0.4) is 0 Å². The van der Waals surface area contributed by atoms with Crippen molar-refractivity contribution in [2.75, 3.05) is 18.0 Å². The predicted molar refractivity (Wildman–Crippen MR) is 112 cm³/mol. The first-order valence-electron chi connectivity index (χ1n) is 9.98. The molecule has 8 heteroatoms. The summed E-state index contributed by atoms with van der Waals surface area (Å²) in [5.41, 5.74) is -0.232. The number of anilines is 1. The molecule has 0 aliphatic carbocycles. The third kappa shape index (κ3) is 3.94. The number of carbonyl (C=O) groups is 2. The number of piperidine rings is 1. The summed E-state index contributed by atoms with van der Waals surface area (Å²) >= 11 is 5.72. The van der Waals surface area contributed by atoms with Gasteiger partial charge < -0.3 is 4.90 Å². The van der Waals surface area contributed by atoms with Gasteiger partial charge in [-0.05, 0) is 42.5 Å². The van der Waals surface area contributed by atoms with Gasteiger partial charge in [0, 0.05) is 13.1 Å². The van der Waals surface area contributed by atoms with E-state index in [0.29, 0.717) is 24.6 Å². The average Bonchev–Trinajstić information content (AvgIpc) is 2.98. The lowest BCUT2D eigenvalue weighted by molar-refractivity contribution is -0.137. The number of carbonyl (C=O) groups excluding carboxylic acids is 2. The number of alkyl halides is 3. The topological polar surface area (TPSA) is 40.6 Å². The highest BCUT2D eigenvalue weighted by molar-refractivity contribution is 6.45. The molecule has 2 aromatic carbocycles. The van der Waals surface area contributed by atoms with Gasteiger partial charge in [-0.1, -0.05) is 48.9 Å². The first-order chi connectivity index (χ1) is 14.7. The SMILES string of the molecule is CC1CCCN(C2=C(c3ccccc3)C(=O)N(c3ccc(Cl)c(C(F)(F)F)c3)C2=O)C1. The zero-order valence-electron chi connectivity index (χ0n) is 16.7. The van der Waals surface area contributed by atoms with Gasteiger partial charge in [0.25, 0.3) is 11.8 Å². The van der Waals surface area contributed by atoms with E-state index in [2.05, 4.69) is 6.92 Å². The maximum Gasteiger partial charge on any atom is 0.417 e. The fourth-order valence-electron chi connectivity index (χ4n) is 4.17. The summed E-state index contributed by atoms with van der Waals surface area (Å²) in [7, 11) is 0. The molecule has 31 heavy (non-hydrogen) atoms. The molecule has 0 aromatic heterocycles. The molecule has 0 spiro atoms. The van der Waals surface area contributed by atoms with Crippen LogP contribution in [0, 0.1) is 5.92 Å². The van der Waals surface area contributed by atoms with Crippen molar-refractivity contribution in [2.45, 2.75) is 25.9 Å². The molecule has 0 radical (unpaired) electrons. The van der Waals surface area contributed by atoms with E-state index in [1.165, 1.54) is 6.07 Å². The van der Waals surface area contributed by atoms with Gasteiger partial charge in [0.1, 0.15) is 5.70 Å². The zero-order chi connectivity index (χ0) is 22.3. The number of imide groups is 1. The summed E-state index contributed by atoms with van der Waals surface area (Å²) < 4.78 is 40.1. The minimum atomic E-state index is -4.71. The van der Waals surface area contributed by atoms with Crippen molar-refractivity contribution in [3.05, 3.63) is 70.4 Å². The van der Waals surface area contributed by atoms with Crippen LogP contribution in [0.2, 0.25) is 5.02 Å². The molecule has 2 amide bonds. The lowest BCUT2D eigenvalue weighted by Gasteiger charge is -2.33. The van der Waals surface area contributed by atoms with Crippen LogP contribution in [0.4, 0.5) is 18.9 Å². The third-order valence-corrected chi connectivity index (χ3v) is 5.94. The van der Waals surface area contributed by atoms with Gasteiger partial charge in [-0.2, -0.15) is 13.2 Å². The van der Waals surface area contributed by atoms with Crippen molar-refractivity contribution < 1.29 is 22.8 Å². The van der Waals surface area contributed by atoms with E-state index in [-0.39, 0.29) is 17.0 Å². The van der Waals surface area contributed by atoms with Gasteiger partial charge in [-0.25, -0.2) is 4.90 Å². The van der Waals surface area contributed by atoms with Gasteiger partial charge in [0.15, 0.2) is 0 Å². The van der Waals surface area contributed by atoms with Crippen LogP contribution in [0.15, 0.2) is 54.2 Å². The third-order valence-electron chi connectivity index (χ3n) is 5.61. The van der Waals surface area contributed by atoms with Gasteiger partial charge >= 0.3 is 6.18 Å². The van der Waals surface area contributed by atoms with Crippen molar-refractivity contribution in [3.8, 4) is 0 Å². The number of hydrogen-bond donors (Lipinski definition) is 0. The quantitative estimate of drug-likeness (QED) is 0.592. The molecule has 0 N–H and O–H groups in total. The number of rotatable bonds is 3. The lowest BCUT2D eigenvalue weighted by atomic mass is 9.98. The van der Waals surface area contributed by atoms with E-state index < -0.39 is 28.6 Å². The number of hydrogen-bond acceptors (Lipinski definition) is 3. The minimum absolute atomic E-state index is 0.153. The van der Waals surface area contributed by atoms with Crippen LogP contribution in [0.1, 0.15) is 30.9 Å². The van der Waals surface area contributed by atoms with Crippen LogP contribution in [-0.2, 0) is 15.8 Å². The molecule has 4 rings (SSSR count). The molecule has 0 saturated carbocycles. The fourth-order valence-corrected chi connectivity index (χ4v) is 4.40. The molecule has 2 aromatic rings. The standard InChI is InChI=1S/C23H20ClF3N2O2/c1-14-6-5-11-28(13-14)20-19(15-7-3-2-4-8-15)21(30)29(22(20)31)16-9-10-18(24)17(12-16)23(25,26)27/h2-4,7-10,12,14H,5-6,11,13H2,1H3. The molecule has 1 unspecified atom stereocenters. The maximum atomic E-state index is 13.4. The van der Waals surface area contributed by atoms with Crippen LogP contribution in [0.25, 0.3) is 5.57 Å². The molecule has 4 nitrogen and oxygen atoms in total. The van der Waals surface area contributed by atoms with E-state index in [0.717, 1.165) is 29.9 Å². The molecule has 2 aliphatic rings. The summed E-state index contributed by atoms with van der Waals surface area (Å²) in [5.74, 6) is -0.920. The minimum Gasteiger partial charge on any atom is -0.366 e. The predicted octanol–water partition coefficient (Wildman–Crippen LogP) is 5.38. The van der Waals surface area contributed by atoms with Crippen molar-refractivity contribution >= 4 is 34.7 Å². The molecular weight excluding hydrogens is 429 g/mol. The number of halogens is 4. The lowest BCUT2D eigenvalue weighted by Crippen LogP contribution is -2.39. The molecule has 2 heterocycles. The summed E-state index contributed by atoms with van der Waals surface area (Å²) in [6.45, 7) is 3.28. The molecular formula is C23H20ClF3N2O2. The molecule has 1 fully saturated rings.